The molecule has 0 saturated carbocycles. The summed E-state index contributed by atoms with van der Waals surface area (Å²) in [6, 6.07) is 19.4. The number of benzene rings is 2. The molecule has 1 fully saturated rings. The minimum atomic E-state index is -0.549. The van der Waals surface area contributed by atoms with Crippen molar-refractivity contribution in [3.05, 3.63) is 111 Å². The summed E-state index contributed by atoms with van der Waals surface area (Å²) in [7, 11) is 0. The zero-order chi connectivity index (χ0) is 29.3. The quantitative estimate of drug-likeness (QED) is 0.102. The Hall–Kier alpha value is -5.16. The van der Waals surface area contributed by atoms with E-state index in [1.165, 1.54) is 17.0 Å². The summed E-state index contributed by atoms with van der Waals surface area (Å²) >= 11 is 5.32. The Morgan fingerprint density at radius 2 is 1.71 bits per heavy atom. The van der Waals surface area contributed by atoms with Crippen LogP contribution in [0.15, 0.2) is 78.5 Å². The number of thiocarbonyl (C=S) groups is 1. The molecule has 3 heterocycles. The number of hydrogen-bond acceptors (Lipinski definition) is 7. The molecule has 206 valence electrons. The van der Waals surface area contributed by atoms with E-state index in [2.05, 4.69) is 10.3 Å². The van der Waals surface area contributed by atoms with Gasteiger partial charge in [-0.2, -0.15) is 0 Å². The molecule has 1 N–H and O–H groups in total. The number of aryl methyl sites for hydroxylation is 2. The number of carbonyl (C=O) groups excluding carboxylic acids is 2. The zero-order valence-electron chi connectivity index (χ0n) is 22.5. The van der Waals surface area contributed by atoms with Gasteiger partial charge < -0.3 is 9.30 Å². The van der Waals surface area contributed by atoms with Crippen molar-refractivity contribution < 1.29 is 19.2 Å². The number of anilines is 1. The van der Waals surface area contributed by atoms with Gasteiger partial charge in [-0.15, -0.1) is 0 Å². The molecular formula is C30H25N5O5S. The SMILES string of the molecule is CCc1ccc(N2C(=O)/C(=C/c3cc(C)n(-c4ccc(Oc5ccc([N+](=O)[O-])cn5)cc4)c3C)C(=O)NC2=S)cc1. The molecule has 10 nitrogen and oxygen atoms in total. The summed E-state index contributed by atoms with van der Waals surface area (Å²) in [5.41, 5.74) is 4.85. The topological polar surface area (TPSA) is 120 Å². The van der Waals surface area contributed by atoms with Gasteiger partial charge in [0.2, 0.25) is 5.88 Å². The Labute approximate surface area is 241 Å². The molecule has 0 radical (unpaired) electrons. The van der Waals surface area contributed by atoms with Crippen LogP contribution in [0.4, 0.5) is 11.4 Å². The summed E-state index contributed by atoms with van der Waals surface area (Å²) in [5, 5.41) is 13.5. The number of hydrogen-bond donors (Lipinski definition) is 1. The van der Waals surface area contributed by atoms with E-state index in [-0.39, 0.29) is 22.3 Å². The molecule has 1 saturated heterocycles. The lowest BCUT2D eigenvalue weighted by Crippen LogP contribution is -2.54. The first kappa shape index (κ1) is 27.4. The number of nitrogens with one attached hydrogen (secondary N) is 1. The van der Waals surface area contributed by atoms with E-state index in [1.807, 2.05) is 67.8 Å². The molecule has 2 aromatic heterocycles. The summed E-state index contributed by atoms with van der Waals surface area (Å²) < 4.78 is 7.71. The van der Waals surface area contributed by atoms with Crippen LogP contribution in [0.5, 0.6) is 11.6 Å². The van der Waals surface area contributed by atoms with Crippen LogP contribution in [0.25, 0.3) is 11.8 Å². The molecule has 11 heteroatoms. The van der Waals surface area contributed by atoms with E-state index < -0.39 is 16.7 Å². The fourth-order valence-corrected chi connectivity index (χ4v) is 4.87. The largest absolute Gasteiger partial charge is 0.439 e. The average molecular weight is 568 g/mol. The highest BCUT2D eigenvalue weighted by Gasteiger charge is 2.34. The van der Waals surface area contributed by atoms with Gasteiger partial charge in [-0.1, -0.05) is 19.1 Å². The number of nitro groups is 1. The van der Waals surface area contributed by atoms with Gasteiger partial charge in [0.05, 0.1) is 10.6 Å². The summed E-state index contributed by atoms with van der Waals surface area (Å²) in [6.45, 7) is 5.88. The second-order valence-electron chi connectivity index (χ2n) is 9.35. The maximum Gasteiger partial charge on any atom is 0.287 e. The molecule has 0 atom stereocenters. The first-order valence-electron chi connectivity index (χ1n) is 12.7. The van der Waals surface area contributed by atoms with E-state index in [9.17, 15) is 19.7 Å². The lowest BCUT2D eigenvalue weighted by atomic mass is 10.1. The van der Waals surface area contributed by atoms with E-state index in [0.29, 0.717) is 17.0 Å². The standard InChI is InChI=1S/C30H25N5O5S/c1-4-20-5-7-23(8-6-20)34-29(37)26(28(36)32-30(34)41)16-21-15-18(2)33(19(21)3)22-9-12-25(13-10-22)40-27-14-11-24(17-31-27)35(38)39/h5-17H,4H2,1-3H3,(H,32,36,41)/b26-16+. The van der Waals surface area contributed by atoms with Crippen molar-refractivity contribution in [1.29, 1.82) is 0 Å². The number of carbonyl (C=O) groups is 2. The van der Waals surface area contributed by atoms with Crippen LogP contribution in [0.1, 0.15) is 29.4 Å². The van der Waals surface area contributed by atoms with Gasteiger partial charge >= 0.3 is 0 Å². The highest BCUT2D eigenvalue weighted by Crippen LogP contribution is 2.28. The Balaban J connectivity index is 1.40. The molecule has 41 heavy (non-hydrogen) atoms. The van der Waals surface area contributed by atoms with E-state index in [4.69, 9.17) is 17.0 Å². The Kier molecular flexibility index (Phi) is 7.45. The van der Waals surface area contributed by atoms with E-state index in [0.717, 1.165) is 35.3 Å². The Morgan fingerprint density at radius 1 is 1.02 bits per heavy atom. The van der Waals surface area contributed by atoms with Gasteiger partial charge in [0.1, 0.15) is 17.5 Å². The highest BCUT2D eigenvalue weighted by atomic mass is 32.1. The number of pyridine rings is 1. The van der Waals surface area contributed by atoms with Gasteiger partial charge in [0.25, 0.3) is 17.5 Å². The molecule has 5 rings (SSSR count). The second kappa shape index (κ2) is 11.1. The highest BCUT2D eigenvalue weighted by molar-refractivity contribution is 7.80. The van der Waals surface area contributed by atoms with Crippen molar-refractivity contribution >= 4 is 46.6 Å². The van der Waals surface area contributed by atoms with Crippen LogP contribution in [0, 0.1) is 24.0 Å². The fourth-order valence-electron chi connectivity index (χ4n) is 4.58. The molecule has 4 aromatic rings. The molecule has 0 spiro atoms. The fraction of sp³-hybridized carbons (Fsp3) is 0.133. The maximum atomic E-state index is 13.5. The third-order valence-electron chi connectivity index (χ3n) is 6.72. The summed E-state index contributed by atoms with van der Waals surface area (Å²) in [4.78, 5) is 41.9. The number of ether oxygens (including phenoxy) is 1. The van der Waals surface area contributed by atoms with E-state index >= 15 is 0 Å². The Morgan fingerprint density at radius 3 is 2.32 bits per heavy atom. The van der Waals surface area contributed by atoms with Crippen LogP contribution in [-0.2, 0) is 16.0 Å². The van der Waals surface area contributed by atoms with Crippen LogP contribution in [0.3, 0.4) is 0 Å². The molecule has 1 aliphatic rings. The van der Waals surface area contributed by atoms with Crippen molar-refractivity contribution in [3.63, 3.8) is 0 Å². The molecule has 0 bridgehead atoms. The van der Waals surface area contributed by atoms with Gasteiger partial charge in [-0.25, -0.2) is 4.98 Å². The first-order valence-corrected chi connectivity index (χ1v) is 13.1. The third-order valence-corrected chi connectivity index (χ3v) is 7.01. The van der Waals surface area contributed by atoms with Crippen LogP contribution < -0.4 is 15.0 Å². The van der Waals surface area contributed by atoms with Gasteiger partial charge in [-0.3, -0.25) is 29.9 Å². The van der Waals surface area contributed by atoms with Gasteiger partial charge in [-0.05, 0) is 92.2 Å². The first-order chi connectivity index (χ1) is 19.7. The van der Waals surface area contributed by atoms with Crippen molar-refractivity contribution in [2.75, 3.05) is 4.90 Å². The minimum absolute atomic E-state index is 0.0160. The molecule has 2 aromatic carbocycles. The van der Waals surface area contributed by atoms with Crippen LogP contribution >= 0.6 is 12.2 Å². The number of aromatic nitrogens is 2. The molecule has 2 amide bonds. The molecule has 0 aliphatic carbocycles. The van der Waals surface area contributed by atoms with Crippen molar-refractivity contribution in [2.24, 2.45) is 0 Å². The second-order valence-corrected chi connectivity index (χ2v) is 9.73. The normalized spacial score (nSPS) is 14.4. The zero-order valence-corrected chi connectivity index (χ0v) is 23.3. The summed E-state index contributed by atoms with van der Waals surface area (Å²) in [5.74, 6) is -0.301. The minimum Gasteiger partial charge on any atom is -0.439 e. The van der Waals surface area contributed by atoms with Gasteiger partial charge in [0, 0.05) is 29.2 Å². The van der Waals surface area contributed by atoms with Gasteiger partial charge in [0.15, 0.2) is 5.11 Å². The number of rotatable bonds is 7. The molecule has 1 aliphatic heterocycles. The smallest absolute Gasteiger partial charge is 0.287 e. The predicted molar refractivity (Wildman–Crippen MR) is 158 cm³/mol. The third kappa shape index (κ3) is 5.48. The lowest BCUT2D eigenvalue weighted by molar-refractivity contribution is -0.385. The number of nitrogens with zero attached hydrogens (tertiary/aromatic N) is 4. The van der Waals surface area contributed by atoms with Crippen molar-refractivity contribution in [3.8, 4) is 17.3 Å². The van der Waals surface area contributed by atoms with Crippen LogP contribution in [-0.4, -0.2) is 31.4 Å². The monoisotopic (exact) mass is 567 g/mol. The Bertz CT molecular complexity index is 1710. The maximum absolute atomic E-state index is 13.5. The number of amides is 2. The average Bonchev–Trinajstić information content (AvgIpc) is 3.24. The summed E-state index contributed by atoms with van der Waals surface area (Å²) in [6.07, 6.45) is 3.59. The molecule has 0 unspecified atom stereocenters. The van der Waals surface area contributed by atoms with E-state index in [1.54, 1.807) is 18.2 Å². The van der Waals surface area contributed by atoms with Crippen molar-refractivity contribution in [2.45, 2.75) is 27.2 Å². The predicted octanol–water partition coefficient (Wildman–Crippen LogP) is 5.58. The molecular weight excluding hydrogens is 542 g/mol. The van der Waals surface area contributed by atoms with Crippen LogP contribution in [0.2, 0.25) is 0 Å². The van der Waals surface area contributed by atoms with Crippen molar-refractivity contribution in [1.82, 2.24) is 14.9 Å². The lowest BCUT2D eigenvalue weighted by Gasteiger charge is -2.29.